The van der Waals surface area contributed by atoms with Crippen LogP contribution in [0.4, 0.5) is 5.69 Å². The third kappa shape index (κ3) is 3.15. The number of carbonyl (C=O) groups excluding carboxylic acids is 1. The van der Waals surface area contributed by atoms with Crippen LogP contribution >= 0.6 is 24.0 Å². The van der Waals surface area contributed by atoms with Crippen molar-refractivity contribution in [2.45, 2.75) is 0 Å². The van der Waals surface area contributed by atoms with Gasteiger partial charge in [-0.1, -0.05) is 11.6 Å². The first kappa shape index (κ1) is 13.9. The van der Waals surface area contributed by atoms with Gasteiger partial charge < -0.3 is 20.5 Å². The third-order valence-corrected chi connectivity index (χ3v) is 2.40. The van der Waals surface area contributed by atoms with Gasteiger partial charge in [-0.05, 0) is 0 Å². The summed E-state index contributed by atoms with van der Waals surface area (Å²) in [4.78, 5) is 11.1. The van der Waals surface area contributed by atoms with Gasteiger partial charge in [-0.25, -0.2) is 0 Å². The lowest BCUT2D eigenvalue weighted by Gasteiger charge is -2.19. The van der Waals surface area contributed by atoms with Gasteiger partial charge in [0, 0.05) is 12.1 Å². The molecule has 2 rings (SSSR count). The summed E-state index contributed by atoms with van der Waals surface area (Å²) in [6, 6.07) is 3.24. The van der Waals surface area contributed by atoms with E-state index < -0.39 is 0 Å². The highest BCUT2D eigenvalue weighted by molar-refractivity contribution is 6.34. The molecule has 7 heteroatoms. The molecule has 0 unspecified atom stereocenters. The van der Waals surface area contributed by atoms with Crippen LogP contribution in [0.5, 0.6) is 11.5 Å². The number of nitrogens with two attached hydrogens (primary N) is 1. The van der Waals surface area contributed by atoms with Crippen molar-refractivity contribution in [3.8, 4) is 11.5 Å². The van der Waals surface area contributed by atoms with Gasteiger partial charge in [0.2, 0.25) is 5.91 Å². The Morgan fingerprint density at radius 2 is 1.94 bits per heavy atom. The van der Waals surface area contributed by atoms with E-state index in [0.29, 0.717) is 35.4 Å². The molecule has 94 valence electrons. The standard InChI is InChI=1S/C10H11ClN2O3.ClH/c11-6-3-8-9(16-2-1-15-8)4-7(6)13-10(14)5-12;/h3-4H,1-2,5,12H2,(H,13,14);1H. The fourth-order valence-electron chi connectivity index (χ4n) is 1.36. The number of benzene rings is 1. The van der Waals surface area contributed by atoms with Gasteiger partial charge in [0.15, 0.2) is 11.5 Å². The number of rotatable bonds is 2. The van der Waals surface area contributed by atoms with Gasteiger partial charge in [0.1, 0.15) is 13.2 Å². The third-order valence-electron chi connectivity index (χ3n) is 2.09. The van der Waals surface area contributed by atoms with Crippen molar-refractivity contribution in [3.63, 3.8) is 0 Å². The highest BCUT2D eigenvalue weighted by atomic mass is 35.5. The molecule has 0 bridgehead atoms. The van der Waals surface area contributed by atoms with Crippen LogP contribution in [0, 0.1) is 0 Å². The van der Waals surface area contributed by atoms with Gasteiger partial charge in [0.25, 0.3) is 0 Å². The van der Waals surface area contributed by atoms with E-state index in [4.69, 9.17) is 26.8 Å². The summed E-state index contributed by atoms with van der Waals surface area (Å²) in [5.41, 5.74) is 5.67. The SMILES string of the molecule is Cl.NCC(=O)Nc1cc2c(cc1Cl)OCCO2. The number of hydrogen-bond donors (Lipinski definition) is 2. The van der Waals surface area contributed by atoms with Gasteiger partial charge in [-0.3, -0.25) is 4.79 Å². The zero-order chi connectivity index (χ0) is 11.5. The molecule has 1 aliphatic rings. The van der Waals surface area contributed by atoms with E-state index in [0.717, 1.165) is 0 Å². The Hall–Kier alpha value is -1.17. The van der Waals surface area contributed by atoms with E-state index in [1.54, 1.807) is 12.1 Å². The summed E-state index contributed by atoms with van der Waals surface area (Å²) in [6.45, 7) is 0.890. The summed E-state index contributed by atoms with van der Waals surface area (Å²) in [5, 5.41) is 2.97. The second-order valence-electron chi connectivity index (χ2n) is 3.23. The molecular weight excluding hydrogens is 267 g/mol. The van der Waals surface area contributed by atoms with Crippen molar-refractivity contribution in [2.24, 2.45) is 5.73 Å². The second-order valence-corrected chi connectivity index (χ2v) is 3.64. The molecule has 0 saturated heterocycles. The molecular formula is C10H12Cl2N2O3. The van der Waals surface area contributed by atoms with Crippen LogP contribution in [0.15, 0.2) is 12.1 Å². The predicted octanol–water partition coefficient (Wildman–Crippen LogP) is 1.43. The van der Waals surface area contributed by atoms with Gasteiger partial charge in [-0.15, -0.1) is 12.4 Å². The Morgan fingerprint density at radius 1 is 1.35 bits per heavy atom. The number of amides is 1. The average molecular weight is 279 g/mol. The molecule has 1 amide bonds. The highest BCUT2D eigenvalue weighted by Gasteiger charge is 2.15. The first-order chi connectivity index (χ1) is 7.70. The van der Waals surface area contributed by atoms with Crippen molar-refractivity contribution in [1.29, 1.82) is 0 Å². The maximum atomic E-state index is 11.1. The molecule has 0 aliphatic carbocycles. The fourth-order valence-corrected chi connectivity index (χ4v) is 1.56. The maximum absolute atomic E-state index is 11.1. The topological polar surface area (TPSA) is 73.6 Å². The molecule has 1 heterocycles. The van der Waals surface area contributed by atoms with Crippen LogP contribution in [0.3, 0.4) is 0 Å². The van der Waals surface area contributed by atoms with E-state index >= 15 is 0 Å². The minimum absolute atomic E-state index is 0. The van der Waals surface area contributed by atoms with E-state index in [1.807, 2.05) is 0 Å². The summed E-state index contributed by atoms with van der Waals surface area (Å²) < 4.78 is 10.7. The summed E-state index contributed by atoms with van der Waals surface area (Å²) in [6.07, 6.45) is 0. The van der Waals surface area contributed by atoms with Crippen LogP contribution in [-0.2, 0) is 4.79 Å². The Balaban J connectivity index is 0.00000144. The van der Waals surface area contributed by atoms with Crippen LogP contribution in [0.2, 0.25) is 5.02 Å². The predicted molar refractivity (Wildman–Crippen MR) is 67.4 cm³/mol. The summed E-state index contributed by atoms with van der Waals surface area (Å²) in [7, 11) is 0. The number of ether oxygens (including phenoxy) is 2. The molecule has 0 aromatic heterocycles. The number of anilines is 1. The first-order valence-corrected chi connectivity index (χ1v) is 5.17. The monoisotopic (exact) mass is 278 g/mol. The van der Waals surface area contributed by atoms with Crippen molar-refractivity contribution < 1.29 is 14.3 Å². The van der Waals surface area contributed by atoms with Gasteiger partial charge in [0.05, 0.1) is 17.3 Å². The Labute approximate surface area is 110 Å². The largest absolute Gasteiger partial charge is 0.486 e. The molecule has 0 radical (unpaired) electrons. The minimum atomic E-state index is -0.307. The molecule has 0 atom stereocenters. The number of nitrogens with one attached hydrogen (secondary N) is 1. The van der Waals surface area contributed by atoms with Crippen LogP contribution in [-0.4, -0.2) is 25.7 Å². The van der Waals surface area contributed by atoms with Gasteiger partial charge >= 0.3 is 0 Å². The normalized spacial score (nSPS) is 12.6. The maximum Gasteiger partial charge on any atom is 0.238 e. The zero-order valence-electron chi connectivity index (χ0n) is 8.86. The Kier molecular flexibility index (Phi) is 4.86. The molecule has 0 saturated carbocycles. The molecule has 1 aromatic carbocycles. The van der Waals surface area contributed by atoms with E-state index in [9.17, 15) is 4.79 Å². The van der Waals surface area contributed by atoms with E-state index in [-0.39, 0.29) is 24.9 Å². The molecule has 0 spiro atoms. The van der Waals surface area contributed by atoms with Crippen LogP contribution in [0.25, 0.3) is 0 Å². The lowest BCUT2D eigenvalue weighted by atomic mass is 10.2. The Morgan fingerprint density at radius 3 is 2.53 bits per heavy atom. The van der Waals surface area contributed by atoms with Crippen molar-refractivity contribution >= 4 is 35.6 Å². The summed E-state index contributed by atoms with van der Waals surface area (Å²) in [5.74, 6) is 0.851. The molecule has 5 nitrogen and oxygen atoms in total. The van der Waals surface area contributed by atoms with Crippen molar-refractivity contribution in [3.05, 3.63) is 17.2 Å². The lowest BCUT2D eigenvalue weighted by Crippen LogP contribution is -2.22. The highest BCUT2D eigenvalue weighted by Crippen LogP contribution is 2.37. The molecule has 1 aliphatic heterocycles. The molecule has 17 heavy (non-hydrogen) atoms. The van der Waals surface area contributed by atoms with Crippen LogP contribution in [0.1, 0.15) is 0 Å². The van der Waals surface area contributed by atoms with E-state index in [1.165, 1.54) is 0 Å². The number of hydrogen-bond acceptors (Lipinski definition) is 4. The average Bonchev–Trinajstić information content (AvgIpc) is 2.30. The minimum Gasteiger partial charge on any atom is -0.486 e. The number of halogens is 2. The van der Waals surface area contributed by atoms with Crippen molar-refractivity contribution in [2.75, 3.05) is 25.1 Å². The molecule has 0 fully saturated rings. The molecule has 3 N–H and O–H groups in total. The van der Waals surface area contributed by atoms with Crippen LogP contribution < -0.4 is 20.5 Å². The zero-order valence-corrected chi connectivity index (χ0v) is 10.4. The molecule has 1 aromatic rings. The smallest absolute Gasteiger partial charge is 0.238 e. The first-order valence-electron chi connectivity index (χ1n) is 4.80. The van der Waals surface area contributed by atoms with Gasteiger partial charge in [-0.2, -0.15) is 0 Å². The number of carbonyl (C=O) groups is 1. The second kappa shape index (κ2) is 5.95. The van der Waals surface area contributed by atoms with Crippen molar-refractivity contribution in [1.82, 2.24) is 0 Å². The number of fused-ring (bicyclic) bond motifs is 1. The summed E-state index contributed by atoms with van der Waals surface area (Å²) >= 11 is 5.97. The quantitative estimate of drug-likeness (QED) is 0.859. The Bertz CT molecular complexity index is 426. The fraction of sp³-hybridized carbons (Fsp3) is 0.300. The van der Waals surface area contributed by atoms with E-state index in [2.05, 4.69) is 5.32 Å². The lowest BCUT2D eigenvalue weighted by molar-refractivity contribution is -0.114.